The predicted octanol–water partition coefficient (Wildman–Crippen LogP) is 3.09. The Hall–Kier alpha value is -4.25. The summed E-state index contributed by atoms with van der Waals surface area (Å²) in [4.78, 5) is 23.7. The lowest BCUT2D eigenvalue weighted by molar-refractivity contribution is 0.0952. The first-order valence-corrected chi connectivity index (χ1v) is 9.70. The number of hydrogen-bond acceptors (Lipinski definition) is 6. The predicted molar refractivity (Wildman–Crippen MR) is 119 cm³/mol. The molecular formula is C24H23N3O5. The average molecular weight is 433 g/mol. The molecule has 0 aliphatic carbocycles. The molecule has 0 saturated heterocycles. The molecule has 2 aromatic carbocycles. The van der Waals surface area contributed by atoms with E-state index in [1.165, 1.54) is 28.3 Å². The van der Waals surface area contributed by atoms with E-state index in [1.54, 1.807) is 42.5 Å². The maximum absolute atomic E-state index is 12.4. The zero-order valence-corrected chi connectivity index (χ0v) is 18.2. The van der Waals surface area contributed by atoms with Gasteiger partial charge in [0.05, 0.1) is 33.6 Å². The van der Waals surface area contributed by atoms with Gasteiger partial charge in [0, 0.05) is 16.7 Å². The van der Waals surface area contributed by atoms with Gasteiger partial charge in [0.2, 0.25) is 5.75 Å². The van der Waals surface area contributed by atoms with Crippen LogP contribution in [0.2, 0.25) is 0 Å². The average Bonchev–Trinajstić information content (AvgIpc) is 3.31. The monoisotopic (exact) mass is 433 g/mol. The van der Waals surface area contributed by atoms with E-state index < -0.39 is 0 Å². The number of aromatic nitrogens is 2. The number of amides is 1. The van der Waals surface area contributed by atoms with Crippen molar-refractivity contribution in [3.63, 3.8) is 0 Å². The lowest BCUT2D eigenvalue weighted by atomic mass is 10.1. The fraction of sp³-hybridized carbons (Fsp3) is 0.208. The molecule has 8 nitrogen and oxygen atoms in total. The van der Waals surface area contributed by atoms with E-state index in [4.69, 9.17) is 14.2 Å². The van der Waals surface area contributed by atoms with Crippen LogP contribution in [0.5, 0.6) is 17.2 Å². The third-order valence-electron chi connectivity index (χ3n) is 4.64. The van der Waals surface area contributed by atoms with Gasteiger partial charge in [-0.25, -0.2) is 0 Å². The van der Waals surface area contributed by atoms with E-state index in [-0.39, 0.29) is 18.2 Å². The molecule has 0 unspecified atom stereocenters. The molecule has 0 radical (unpaired) electrons. The highest BCUT2D eigenvalue weighted by Crippen LogP contribution is 2.40. The van der Waals surface area contributed by atoms with Gasteiger partial charge < -0.3 is 19.5 Å². The van der Waals surface area contributed by atoms with Gasteiger partial charge in [-0.3, -0.25) is 14.7 Å². The molecule has 1 aromatic heterocycles. The molecule has 2 N–H and O–H groups in total. The Morgan fingerprint density at radius 2 is 1.66 bits per heavy atom. The van der Waals surface area contributed by atoms with Crippen molar-refractivity contribution >= 4 is 11.7 Å². The highest BCUT2D eigenvalue weighted by atomic mass is 16.5. The van der Waals surface area contributed by atoms with Crippen LogP contribution in [0.1, 0.15) is 33.3 Å². The van der Waals surface area contributed by atoms with E-state index in [2.05, 4.69) is 27.4 Å². The number of ketones is 1. The molecule has 1 heterocycles. The molecule has 0 fully saturated rings. The third kappa shape index (κ3) is 5.08. The van der Waals surface area contributed by atoms with Crippen LogP contribution < -0.4 is 19.5 Å². The van der Waals surface area contributed by atoms with Crippen LogP contribution in [0.4, 0.5) is 0 Å². The molecule has 0 aliphatic heterocycles. The number of hydrogen-bond donors (Lipinski definition) is 2. The fourth-order valence-corrected chi connectivity index (χ4v) is 2.97. The van der Waals surface area contributed by atoms with Crippen molar-refractivity contribution in [2.45, 2.75) is 6.92 Å². The molecule has 0 bridgehead atoms. The van der Waals surface area contributed by atoms with Gasteiger partial charge in [0.15, 0.2) is 17.3 Å². The third-order valence-corrected chi connectivity index (χ3v) is 4.64. The van der Waals surface area contributed by atoms with Gasteiger partial charge in [0.1, 0.15) is 5.69 Å². The molecule has 8 heteroatoms. The van der Waals surface area contributed by atoms with Gasteiger partial charge in [-0.2, -0.15) is 5.10 Å². The van der Waals surface area contributed by atoms with Gasteiger partial charge in [-0.05, 0) is 37.3 Å². The van der Waals surface area contributed by atoms with Crippen LogP contribution in [-0.4, -0.2) is 49.8 Å². The molecule has 3 rings (SSSR count). The minimum absolute atomic E-state index is 0.00206. The zero-order valence-electron chi connectivity index (χ0n) is 18.2. The van der Waals surface area contributed by atoms with Crippen molar-refractivity contribution in [3.05, 3.63) is 59.3 Å². The Balaban J connectivity index is 1.67. The number of ether oxygens (including phenoxy) is 3. The summed E-state index contributed by atoms with van der Waals surface area (Å²) in [6.07, 6.45) is 0. The number of rotatable bonds is 7. The Labute approximate surface area is 185 Å². The van der Waals surface area contributed by atoms with Crippen molar-refractivity contribution in [2.75, 3.05) is 27.9 Å². The molecule has 32 heavy (non-hydrogen) atoms. The minimum Gasteiger partial charge on any atom is -0.493 e. The summed E-state index contributed by atoms with van der Waals surface area (Å²) in [6, 6.07) is 12.1. The lowest BCUT2D eigenvalue weighted by Gasteiger charge is -2.13. The largest absolute Gasteiger partial charge is 0.493 e. The first-order valence-electron chi connectivity index (χ1n) is 9.70. The first kappa shape index (κ1) is 22.4. The van der Waals surface area contributed by atoms with Gasteiger partial charge >= 0.3 is 0 Å². The number of benzene rings is 2. The molecule has 0 spiro atoms. The van der Waals surface area contributed by atoms with E-state index in [9.17, 15) is 9.59 Å². The first-order chi connectivity index (χ1) is 15.5. The highest BCUT2D eigenvalue weighted by molar-refractivity contribution is 5.94. The molecule has 0 saturated carbocycles. The summed E-state index contributed by atoms with van der Waals surface area (Å²) in [5.74, 6) is 6.94. The van der Waals surface area contributed by atoms with Crippen molar-refractivity contribution in [1.29, 1.82) is 0 Å². The fourth-order valence-electron chi connectivity index (χ4n) is 2.97. The quantitative estimate of drug-likeness (QED) is 0.439. The SMILES string of the molecule is COc1cc(-c2cc(C(=O)NCC#Cc3ccc(C(C)=O)cc3)[nH]n2)cc(OC)c1OC. The molecule has 3 aromatic rings. The summed E-state index contributed by atoms with van der Waals surface area (Å²) in [5, 5.41) is 9.66. The van der Waals surface area contributed by atoms with Crippen LogP contribution >= 0.6 is 0 Å². The molecule has 0 atom stereocenters. The van der Waals surface area contributed by atoms with Gasteiger partial charge in [-0.1, -0.05) is 24.0 Å². The normalized spacial score (nSPS) is 10.0. The van der Waals surface area contributed by atoms with Crippen molar-refractivity contribution < 1.29 is 23.8 Å². The summed E-state index contributed by atoms with van der Waals surface area (Å²) < 4.78 is 16.0. The molecule has 0 aliphatic rings. The number of methoxy groups -OCH3 is 3. The van der Waals surface area contributed by atoms with Crippen molar-refractivity contribution in [3.8, 4) is 40.3 Å². The van der Waals surface area contributed by atoms with Crippen LogP contribution in [0, 0.1) is 11.8 Å². The van der Waals surface area contributed by atoms with E-state index in [0.717, 1.165) is 5.56 Å². The molecular weight excluding hydrogens is 410 g/mol. The number of Topliss-reactive ketones (excluding diaryl/α,β-unsaturated/α-hetero) is 1. The maximum Gasteiger partial charge on any atom is 0.270 e. The Bertz CT molecular complexity index is 1160. The summed E-state index contributed by atoms with van der Waals surface area (Å²) in [5.41, 5.74) is 2.93. The van der Waals surface area contributed by atoms with Gasteiger partial charge in [0.25, 0.3) is 5.91 Å². The van der Waals surface area contributed by atoms with E-state index >= 15 is 0 Å². The topological polar surface area (TPSA) is 103 Å². The zero-order chi connectivity index (χ0) is 23.1. The summed E-state index contributed by atoms with van der Waals surface area (Å²) >= 11 is 0. The number of carbonyl (C=O) groups excluding carboxylic acids is 2. The number of nitrogens with one attached hydrogen (secondary N) is 2. The Morgan fingerprint density at radius 1 is 1.00 bits per heavy atom. The molecule has 164 valence electrons. The van der Waals surface area contributed by atoms with Crippen LogP contribution in [-0.2, 0) is 0 Å². The van der Waals surface area contributed by atoms with Crippen LogP contribution in [0.3, 0.4) is 0 Å². The summed E-state index contributed by atoms with van der Waals surface area (Å²) in [7, 11) is 4.59. The number of nitrogens with zero attached hydrogens (tertiary/aromatic N) is 1. The molecule has 1 amide bonds. The van der Waals surface area contributed by atoms with Crippen LogP contribution in [0.15, 0.2) is 42.5 Å². The van der Waals surface area contributed by atoms with E-state index in [0.29, 0.717) is 39.8 Å². The summed E-state index contributed by atoms with van der Waals surface area (Å²) in [6.45, 7) is 1.67. The van der Waals surface area contributed by atoms with E-state index in [1.807, 2.05) is 0 Å². The second-order valence-corrected chi connectivity index (χ2v) is 6.70. The Kier molecular flexibility index (Phi) is 7.13. The highest BCUT2D eigenvalue weighted by Gasteiger charge is 2.17. The van der Waals surface area contributed by atoms with Crippen molar-refractivity contribution in [1.82, 2.24) is 15.5 Å². The number of aromatic amines is 1. The lowest BCUT2D eigenvalue weighted by Crippen LogP contribution is -2.23. The minimum atomic E-state index is -0.336. The maximum atomic E-state index is 12.4. The standard InChI is InChI=1S/C24H23N3O5/c1-15(28)17-9-7-16(8-10-17)6-5-11-25-24(29)20-14-19(26-27-20)18-12-21(30-2)23(32-4)22(13-18)31-3/h7-10,12-14H,11H2,1-4H3,(H,25,29)(H,26,27). The smallest absolute Gasteiger partial charge is 0.270 e. The number of carbonyl (C=O) groups is 2. The van der Waals surface area contributed by atoms with Gasteiger partial charge in [-0.15, -0.1) is 0 Å². The van der Waals surface area contributed by atoms with Crippen molar-refractivity contribution in [2.24, 2.45) is 0 Å². The second kappa shape index (κ2) is 10.2. The number of H-pyrrole nitrogens is 1. The van der Waals surface area contributed by atoms with Crippen LogP contribution in [0.25, 0.3) is 11.3 Å². The Morgan fingerprint density at radius 3 is 2.22 bits per heavy atom. The second-order valence-electron chi connectivity index (χ2n) is 6.70.